The van der Waals surface area contributed by atoms with Crippen LogP contribution in [0.25, 0.3) is 0 Å². The van der Waals surface area contributed by atoms with Crippen molar-refractivity contribution < 1.29 is 4.74 Å². The second-order valence-electron chi connectivity index (χ2n) is 4.71. The lowest BCUT2D eigenvalue weighted by Gasteiger charge is -2.14. The van der Waals surface area contributed by atoms with Gasteiger partial charge in [0.1, 0.15) is 11.6 Å². The fourth-order valence-electron chi connectivity index (χ4n) is 1.87. The zero-order valence-electron chi connectivity index (χ0n) is 12.8. The van der Waals surface area contributed by atoms with E-state index in [1.165, 1.54) is 0 Å². The first kappa shape index (κ1) is 15.1. The smallest absolute Gasteiger partial charge is 0.224 e. The van der Waals surface area contributed by atoms with Crippen molar-refractivity contribution in [3.05, 3.63) is 36.0 Å². The fourth-order valence-corrected chi connectivity index (χ4v) is 1.87. The molecule has 1 heterocycles. The number of rotatable bonds is 7. The number of anilines is 3. The van der Waals surface area contributed by atoms with Gasteiger partial charge in [-0.25, -0.2) is 4.98 Å². The molecular weight excluding hydrogens is 264 g/mol. The van der Waals surface area contributed by atoms with Gasteiger partial charge in [0.2, 0.25) is 5.95 Å². The highest BCUT2D eigenvalue weighted by Gasteiger charge is 2.07. The minimum Gasteiger partial charge on any atom is -0.492 e. The van der Waals surface area contributed by atoms with Crippen molar-refractivity contribution in [2.75, 3.05) is 23.8 Å². The number of aryl methyl sites for hydroxylation is 1. The van der Waals surface area contributed by atoms with E-state index in [2.05, 4.69) is 27.5 Å². The minimum atomic E-state index is 0.630. The number of ether oxygens (including phenoxy) is 1. The van der Waals surface area contributed by atoms with E-state index in [4.69, 9.17) is 4.74 Å². The van der Waals surface area contributed by atoms with Crippen LogP contribution in [0.5, 0.6) is 5.75 Å². The molecule has 1 aromatic carbocycles. The molecule has 0 radical (unpaired) electrons. The van der Waals surface area contributed by atoms with E-state index in [0.717, 1.165) is 35.8 Å². The Balaban J connectivity index is 2.22. The van der Waals surface area contributed by atoms with Crippen LogP contribution in [-0.2, 0) is 0 Å². The van der Waals surface area contributed by atoms with Crippen LogP contribution in [0.3, 0.4) is 0 Å². The molecule has 0 aliphatic heterocycles. The molecule has 21 heavy (non-hydrogen) atoms. The van der Waals surface area contributed by atoms with Gasteiger partial charge in [0, 0.05) is 18.3 Å². The Labute approximate surface area is 125 Å². The van der Waals surface area contributed by atoms with Gasteiger partial charge in [-0.1, -0.05) is 19.1 Å². The Kier molecular flexibility index (Phi) is 5.37. The maximum Gasteiger partial charge on any atom is 0.224 e. The maximum atomic E-state index is 5.62. The Morgan fingerprint density at radius 3 is 2.76 bits per heavy atom. The zero-order chi connectivity index (χ0) is 15.1. The Morgan fingerprint density at radius 2 is 2.00 bits per heavy atom. The molecule has 0 aliphatic carbocycles. The normalized spacial score (nSPS) is 10.2. The van der Waals surface area contributed by atoms with Crippen LogP contribution >= 0.6 is 0 Å². The average Bonchev–Trinajstić information content (AvgIpc) is 2.50. The quantitative estimate of drug-likeness (QED) is 0.811. The summed E-state index contributed by atoms with van der Waals surface area (Å²) in [7, 11) is 0. The lowest BCUT2D eigenvalue weighted by Crippen LogP contribution is -2.07. The van der Waals surface area contributed by atoms with Gasteiger partial charge in [-0.2, -0.15) is 4.98 Å². The van der Waals surface area contributed by atoms with E-state index >= 15 is 0 Å². The second kappa shape index (κ2) is 7.47. The van der Waals surface area contributed by atoms with Gasteiger partial charge in [0.05, 0.1) is 12.3 Å². The standard InChI is InChI=1S/C16H22N4O/c1-4-10-17-16-18-11-12(3)15(20-16)19-13-8-6-7-9-14(13)21-5-2/h6-9,11H,4-5,10H2,1-3H3,(H2,17,18,19,20). The fraction of sp³-hybridized carbons (Fsp3) is 0.375. The topological polar surface area (TPSA) is 59.1 Å². The minimum absolute atomic E-state index is 0.630. The van der Waals surface area contributed by atoms with Gasteiger partial charge >= 0.3 is 0 Å². The van der Waals surface area contributed by atoms with E-state index in [1.807, 2.05) is 44.3 Å². The van der Waals surface area contributed by atoms with Gasteiger partial charge in [-0.05, 0) is 32.4 Å². The van der Waals surface area contributed by atoms with Gasteiger partial charge < -0.3 is 15.4 Å². The van der Waals surface area contributed by atoms with Crippen LogP contribution < -0.4 is 15.4 Å². The average molecular weight is 286 g/mol. The zero-order valence-corrected chi connectivity index (χ0v) is 12.8. The first-order valence-electron chi connectivity index (χ1n) is 7.31. The summed E-state index contributed by atoms with van der Waals surface area (Å²) in [5.74, 6) is 2.25. The Hall–Kier alpha value is -2.30. The molecule has 0 spiro atoms. The SMILES string of the molecule is CCCNc1ncc(C)c(Nc2ccccc2OCC)n1. The van der Waals surface area contributed by atoms with Crippen LogP contribution in [0.4, 0.5) is 17.5 Å². The predicted molar refractivity (Wildman–Crippen MR) is 86.4 cm³/mol. The van der Waals surface area contributed by atoms with E-state index in [1.54, 1.807) is 0 Å². The summed E-state index contributed by atoms with van der Waals surface area (Å²) in [6, 6.07) is 7.85. The molecule has 0 saturated heterocycles. The van der Waals surface area contributed by atoms with Crippen LogP contribution in [0.1, 0.15) is 25.8 Å². The van der Waals surface area contributed by atoms with Gasteiger partial charge in [0.25, 0.3) is 0 Å². The molecule has 0 bridgehead atoms. The highest BCUT2D eigenvalue weighted by Crippen LogP contribution is 2.28. The van der Waals surface area contributed by atoms with E-state index < -0.39 is 0 Å². The summed E-state index contributed by atoms with van der Waals surface area (Å²) in [6.07, 6.45) is 2.85. The van der Waals surface area contributed by atoms with E-state index in [0.29, 0.717) is 12.6 Å². The van der Waals surface area contributed by atoms with E-state index in [9.17, 15) is 0 Å². The molecule has 0 saturated carbocycles. The maximum absolute atomic E-state index is 5.62. The molecule has 2 N–H and O–H groups in total. The molecular formula is C16H22N4O. The summed E-state index contributed by atoms with van der Waals surface area (Å²) < 4.78 is 5.62. The molecule has 2 aromatic rings. The van der Waals surface area contributed by atoms with Crippen molar-refractivity contribution in [2.24, 2.45) is 0 Å². The highest BCUT2D eigenvalue weighted by molar-refractivity contribution is 5.66. The van der Waals surface area contributed by atoms with Gasteiger partial charge in [-0.15, -0.1) is 0 Å². The first-order valence-corrected chi connectivity index (χ1v) is 7.31. The van der Waals surface area contributed by atoms with Crippen molar-refractivity contribution in [2.45, 2.75) is 27.2 Å². The molecule has 0 aliphatic rings. The predicted octanol–water partition coefficient (Wildman–Crippen LogP) is 3.75. The molecule has 5 heteroatoms. The monoisotopic (exact) mass is 286 g/mol. The Bertz CT molecular complexity index is 586. The Morgan fingerprint density at radius 1 is 1.19 bits per heavy atom. The number of hydrogen-bond acceptors (Lipinski definition) is 5. The van der Waals surface area contributed by atoms with Crippen LogP contribution in [0.2, 0.25) is 0 Å². The first-order chi connectivity index (χ1) is 10.2. The van der Waals surface area contributed by atoms with Crippen molar-refractivity contribution in [1.29, 1.82) is 0 Å². The summed E-state index contributed by atoms with van der Waals surface area (Å²) in [5.41, 5.74) is 1.89. The largest absolute Gasteiger partial charge is 0.492 e. The van der Waals surface area contributed by atoms with Crippen LogP contribution in [-0.4, -0.2) is 23.1 Å². The molecule has 0 atom stereocenters. The molecule has 112 valence electrons. The number of para-hydroxylation sites is 2. The number of nitrogens with zero attached hydrogens (tertiary/aromatic N) is 2. The molecule has 0 fully saturated rings. The summed E-state index contributed by atoms with van der Waals surface area (Å²) in [6.45, 7) is 7.55. The third-order valence-corrected chi connectivity index (χ3v) is 2.94. The molecule has 0 unspecified atom stereocenters. The number of nitrogens with one attached hydrogen (secondary N) is 2. The van der Waals surface area contributed by atoms with Gasteiger partial charge in [0.15, 0.2) is 0 Å². The summed E-state index contributed by atoms with van der Waals surface area (Å²) in [4.78, 5) is 8.80. The van der Waals surface area contributed by atoms with Crippen molar-refractivity contribution in [3.8, 4) is 5.75 Å². The summed E-state index contributed by atoms with van der Waals surface area (Å²) in [5, 5.41) is 6.52. The number of hydrogen-bond donors (Lipinski definition) is 2. The lowest BCUT2D eigenvalue weighted by atomic mass is 10.2. The lowest BCUT2D eigenvalue weighted by molar-refractivity contribution is 0.342. The van der Waals surface area contributed by atoms with Crippen molar-refractivity contribution in [1.82, 2.24) is 9.97 Å². The highest BCUT2D eigenvalue weighted by atomic mass is 16.5. The third kappa shape index (κ3) is 4.08. The molecule has 5 nitrogen and oxygen atoms in total. The van der Waals surface area contributed by atoms with Crippen molar-refractivity contribution in [3.63, 3.8) is 0 Å². The van der Waals surface area contributed by atoms with Crippen LogP contribution in [0.15, 0.2) is 30.5 Å². The van der Waals surface area contributed by atoms with E-state index in [-0.39, 0.29) is 0 Å². The van der Waals surface area contributed by atoms with Crippen molar-refractivity contribution >= 4 is 17.5 Å². The summed E-state index contributed by atoms with van der Waals surface area (Å²) >= 11 is 0. The molecule has 0 amide bonds. The van der Waals surface area contributed by atoms with Crippen LogP contribution in [0, 0.1) is 6.92 Å². The number of aromatic nitrogens is 2. The van der Waals surface area contributed by atoms with Gasteiger partial charge in [-0.3, -0.25) is 0 Å². The third-order valence-electron chi connectivity index (χ3n) is 2.94. The number of benzene rings is 1. The molecule has 1 aromatic heterocycles. The molecule has 2 rings (SSSR count). The second-order valence-corrected chi connectivity index (χ2v) is 4.71.